The summed E-state index contributed by atoms with van der Waals surface area (Å²) in [7, 11) is 0. The normalized spacial score (nSPS) is 14.3. The lowest BCUT2D eigenvalue weighted by Gasteiger charge is -2.15. The van der Waals surface area contributed by atoms with Crippen LogP contribution < -0.4 is 4.90 Å². The van der Waals surface area contributed by atoms with Crippen LogP contribution in [-0.4, -0.2) is 22.5 Å². The van der Waals surface area contributed by atoms with Gasteiger partial charge >= 0.3 is 0 Å². The summed E-state index contributed by atoms with van der Waals surface area (Å²) in [6.07, 6.45) is 0. The largest absolute Gasteiger partial charge is 0.272 e. The highest BCUT2D eigenvalue weighted by molar-refractivity contribution is 8.04. The lowest BCUT2D eigenvalue weighted by molar-refractivity contribution is -0.384. The molecule has 1 heterocycles. The molecule has 0 aromatic heterocycles. The number of thioether (sulfide) groups is 1. The molecule has 1 aliphatic heterocycles. The van der Waals surface area contributed by atoms with Crippen LogP contribution >= 0.6 is 11.8 Å². The molecule has 6 nitrogen and oxygen atoms in total. The van der Waals surface area contributed by atoms with E-state index in [1.54, 1.807) is 18.2 Å². The van der Waals surface area contributed by atoms with E-state index in [4.69, 9.17) is 0 Å². The van der Waals surface area contributed by atoms with E-state index < -0.39 is 10.8 Å². The molecule has 7 heteroatoms. The summed E-state index contributed by atoms with van der Waals surface area (Å²) in [5, 5.41) is 10.8. The van der Waals surface area contributed by atoms with Crippen LogP contribution in [0.3, 0.4) is 0 Å². The Labute approximate surface area is 154 Å². The number of rotatable bonds is 5. The molecule has 1 aliphatic rings. The first-order chi connectivity index (χ1) is 12.4. The van der Waals surface area contributed by atoms with Gasteiger partial charge in [0.05, 0.1) is 21.1 Å². The van der Waals surface area contributed by atoms with E-state index in [0.717, 1.165) is 5.56 Å². The predicted molar refractivity (Wildman–Crippen MR) is 102 cm³/mol. The molecule has 2 amide bonds. The Morgan fingerprint density at radius 1 is 1.08 bits per heavy atom. The first-order valence-electron chi connectivity index (χ1n) is 8.01. The van der Waals surface area contributed by atoms with E-state index in [1.807, 2.05) is 19.9 Å². The van der Waals surface area contributed by atoms with Crippen molar-refractivity contribution in [3.63, 3.8) is 0 Å². The fourth-order valence-electron chi connectivity index (χ4n) is 2.79. The minimum atomic E-state index is -0.499. The quantitative estimate of drug-likeness (QED) is 0.454. The van der Waals surface area contributed by atoms with Crippen molar-refractivity contribution in [2.75, 3.05) is 10.7 Å². The summed E-state index contributed by atoms with van der Waals surface area (Å²) >= 11 is 1.30. The monoisotopic (exact) mass is 368 g/mol. The minimum Gasteiger partial charge on any atom is -0.268 e. The average Bonchev–Trinajstić information content (AvgIpc) is 2.85. The number of hydrogen-bond acceptors (Lipinski definition) is 5. The van der Waals surface area contributed by atoms with Crippen molar-refractivity contribution in [2.24, 2.45) is 0 Å². The van der Waals surface area contributed by atoms with Crippen molar-refractivity contribution in [3.8, 4) is 0 Å². The number of nitrogens with zero attached hydrogens (tertiary/aromatic N) is 2. The van der Waals surface area contributed by atoms with E-state index >= 15 is 0 Å². The second-order valence-electron chi connectivity index (χ2n) is 5.73. The number of hydrogen-bond donors (Lipinski definition) is 0. The molecule has 0 saturated heterocycles. The van der Waals surface area contributed by atoms with Crippen molar-refractivity contribution in [2.45, 2.75) is 13.8 Å². The van der Waals surface area contributed by atoms with Gasteiger partial charge in [0, 0.05) is 12.1 Å². The van der Waals surface area contributed by atoms with E-state index in [2.05, 4.69) is 0 Å². The van der Waals surface area contributed by atoms with Crippen LogP contribution in [0.1, 0.15) is 18.1 Å². The average molecular weight is 368 g/mol. The Morgan fingerprint density at radius 3 is 2.35 bits per heavy atom. The third-order valence-corrected chi connectivity index (χ3v) is 4.91. The maximum absolute atomic E-state index is 13.0. The lowest BCUT2D eigenvalue weighted by atomic mass is 10.1. The summed E-state index contributed by atoms with van der Waals surface area (Å²) in [5.41, 5.74) is 2.19. The zero-order chi connectivity index (χ0) is 18.8. The van der Waals surface area contributed by atoms with Gasteiger partial charge in [-0.1, -0.05) is 19.1 Å². The molecule has 0 spiro atoms. The van der Waals surface area contributed by atoms with E-state index in [-0.39, 0.29) is 11.6 Å². The Balaban J connectivity index is 2.07. The first-order valence-corrected chi connectivity index (χ1v) is 9.00. The number of non-ortho nitro benzene ring substituents is 1. The number of benzene rings is 2. The number of aryl methyl sites for hydroxylation is 1. The van der Waals surface area contributed by atoms with Crippen LogP contribution in [-0.2, 0) is 9.59 Å². The lowest BCUT2D eigenvalue weighted by Crippen LogP contribution is -2.31. The summed E-state index contributed by atoms with van der Waals surface area (Å²) in [6.45, 7) is 3.79. The van der Waals surface area contributed by atoms with Crippen molar-refractivity contribution >= 4 is 40.5 Å². The van der Waals surface area contributed by atoms with Crippen LogP contribution in [0.2, 0.25) is 0 Å². The van der Waals surface area contributed by atoms with E-state index in [0.29, 0.717) is 27.5 Å². The molecule has 0 atom stereocenters. The van der Waals surface area contributed by atoms with Gasteiger partial charge in [-0.05, 0) is 48.1 Å². The van der Waals surface area contributed by atoms with Gasteiger partial charge in [0.2, 0.25) is 0 Å². The highest BCUT2D eigenvalue weighted by atomic mass is 32.2. The van der Waals surface area contributed by atoms with Gasteiger partial charge in [0.1, 0.15) is 0 Å². The number of anilines is 1. The second-order valence-corrected chi connectivity index (χ2v) is 7.00. The highest BCUT2D eigenvalue weighted by Crippen LogP contribution is 2.38. The van der Waals surface area contributed by atoms with Crippen molar-refractivity contribution < 1.29 is 14.5 Å². The molecular weight excluding hydrogens is 352 g/mol. The van der Waals surface area contributed by atoms with Crippen molar-refractivity contribution in [3.05, 3.63) is 74.7 Å². The summed E-state index contributed by atoms with van der Waals surface area (Å²) in [4.78, 5) is 37.8. The number of imide groups is 1. The van der Waals surface area contributed by atoms with Crippen LogP contribution in [0.15, 0.2) is 53.4 Å². The Bertz CT molecular complexity index is 935. The van der Waals surface area contributed by atoms with Gasteiger partial charge in [-0.2, -0.15) is 0 Å². The van der Waals surface area contributed by atoms with Gasteiger partial charge in [0.25, 0.3) is 17.5 Å². The van der Waals surface area contributed by atoms with Gasteiger partial charge in [-0.25, -0.2) is 4.90 Å². The fraction of sp³-hybridized carbons (Fsp3) is 0.158. The number of amides is 2. The van der Waals surface area contributed by atoms with Crippen molar-refractivity contribution in [1.29, 1.82) is 0 Å². The molecule has 0 unspecified atom stereocenters. The topological polar surface area (TPSA) is 80.5 Å². The molecule has 3 rings (SSSR count). The van der Waals surface area contributed by atoms with Gasteiger partial charge < -0.3 is 0 Å². The number of carbonyl (C=O) groups is 2. The Morgan fingerprint density at radius 2 is 1.77 bits per heavy atom. The third-order valence-electron chi connectivity index (χ3n) is 3.96. The van der Waals surface area contributed by atoms with Gasteiger partial charge in [0.15, 0.2) is 0 Å². The standard InChI is InChI=1S/C19H16N2O4S/c1-3-26-17-16(13-7-9-14(10-8-13)21(24)25)18(22)20(19(17)23)15-6-4-5-12(2)11-15/h4-11H,3H2,1-2H3. The molecule has 0 fully saturated rings. The predicted octanol–water partition coefficient (Wildman–Crippen LogP) is 3.94. The fourth-order valence-corrected chi connectivity index (χ4v) is 3.65. The van der Waals surface area contributed by atoms with E-state index in [1.165, 1.54) is 40.9 Å². The summed E-state index contributed by atoms with van der Waals surface area (Å²) in [5.74, 6) is -0.141. The van der Waals surface area contributed by atoms with Crippen molar-refractivity contribution in [1.82, 2.24) is 0 Å². The zero-order valence-electron chi connectivity index (χ0n) is 14.3. The molecule has 0 N–H and O–H groups in total. The molecule has 2 aromatic carbocycles. The van der Waals surface area contributed by atoms with Gasteiger partial charge in [-0.3, -0.25) is 19.7 Å². The zero-order valence-corrected chi connectivity index (χ0v) is 15.1. The molecule has 2 aromatic rings. The number of carbonyl (C=O) groups excluding carboxylic acids is 2. The van der Waals surface area contributed by atoms with Gasteiger partial charge in [-0.15, -0.1) is 11.8 Å². The second kappa shape index (κ2) is 7.13. The summed E-state index contributed by atoms with van der Waals surface area (Å²) < 4.78 is 0. The van der Waals surface area contributed by atoms with Crippen LogP contribution in [0.5, 0.6) is 0 Å². The highest BCUT2D eigenvalue weighted by Gasteiger charge is 2.40. The Hall–Kier alpha value is -2.93. The SMILES string of the molecule is CCSC1=C(c2ccc([N+](=O)[O-])cc2)C(=O)N(c2cccc(C)c2)C1=O. The first kappa shape index (κ1) is 17.9. The molecule has 132 valence electrons. The minimum absolute atomic E-state index is 0.0636. The number of nitro groups is 1. The molecule has 26 heavy (non-hydrogen) atoms. The van der Waals surface area contributed by atoms with Crippen LogP contribution in [0.25, 0.3) is 5.57 Å². The molecule has 0 bridgehead atoms. The molecule has 0 radical (unpaired) electrons. The number of nitro benzene ring substituents is 1. The maximum atomic E-state index is 13.0. The summed E-state index contributed by atoms with van der Waals surface area (Å²) in [6, 6.07) is 12.9. The van der Waals surface area contributed by atoms with Crippen LogP contribution in [0.4, 0.5) is 11.4 Å². The third kappa shape index (κ3) is 3.13. The Kier molecular flexibility index (Phi) is 4.90. The smallest absolute Gasteiger partial charge is 0.268 e. The molecular formula is C19H16N2O4S. The molecule has 0 aliphatic carbocycles. The molecule has 0 saturated carbocycles. The van der Waals surface area contributed by atoms with E-state index in [9.17, 15) is 19.7 Å². The maximum Gasteiger partial charge on any atom is 0.272 e. The van der Waals surface area contributed by atoms with Crippen LogP contribution in [0, 0.1) is 17.0 Å².